The third kappa shape index (κ3) is 2.78. The van der Waals surface area contributed by atoms with Gasteiger partial charge in [-0.1, -0.05) is 24.3 Å². The van der Waals surface area contributed by atoms with E-state index in [1.54, 1.807) is 6.20 Å². The normalized spacial score (nSPS) is 17.1. The van der Waals surface area contributed by atoms with Crippen LogP contribution in [0.5, 0.6) is 0 Å². The molecule has 3 N–H and O–H groups in total. The van der Waals surface area contributed by atoms with Gasteiger partial charge in [0.15, 0.2) is 0 Å². The summed E-state index contributed by atoms with van der Waals surface area (Å²) in [4.78, 5) is 18.4. The van der Waals surface area contributed by atoms with Crippen LogP contribution in [0.4, 0.5) is 11.5 Å². The van der Waals surface area contributed by atoms with Crippen LogP contribution in [-0.4, -0.2) is 29.2 Å². The summed E-state index contributed by atoms with van der Waals surface area (Å²) in [5.74, 6) is 0.398. The number of para-hydroxylation sites is 1. The van der Waals surface area contributed by atoms with Crippen molar-refractivity contribution >= 4 is 17.4 Å². The molecule has 2 aromatic rings. The van der Waals surface area contributed by atoms with Crippen molar-refractivity contribution in [2.45, 2.75) is 25.9 Å². The molecule has 0 saturated heterocycles. The minimum atomic E-state index is -0.696. The van der Waals surface area contributed by atoms with Gasteiger partial charge in [-0.25, -0.2) is 4.98 Å². The maximum absolute atomic E-state index is 12.0. The van der Waals surface area contributed by atoms with Crippen LogP contribution >= 0.6 is 0 Å². The standard InChI is InChI=1S/C17H20N4O2/c1-11-5-4-8-19-16(11)20(2)10-13-7-3-6-12-9-14(18)17(22)21(23)15(12)13/h3-8,14,23H,9-10,18H2,1-2H3/t14-/m0/s1. The zero-order valence-electron chi connectivity index (χ0n) is 13.2. The molecule has 2 heterocycles. The Morgan fingerprint density at radius 3 is 2.91 bits per heavy atom. The Balaban J connectivity index is 1.95. The van der Waals surface area contributed by atoms with Gasteiger partial charge in [-0.15, -0.1) is 0 Å². The highest BCUT2D eigenvalue weighted by molar-refractivity contribution is 5.98. The van der Waals surface area contributed by atoms with E-state index in [9.17, 15) is 10.0 Å². The molecule has 0 bridgehead atoms. The van der Waals surface area contributed by atoms with Crippen molar-refractivity contribution in [1.82, 2.24) is 4.98 Å². The second kappa shape index (κ2) is 5.98. The Kier molecular flexibility index (Phi) is 4.02. The molecule has 1 aliphatic rings. The fourth-order valence-corrected chi connectivity index (χ4v) is 3.01. The van der Waals surface area contributed by atoms with Crippen molar-refractivity contribution in [2.24, 2.45) is 5.73 Å². The van der Waals surface area contributed by atoms with E-state index in [1.807, 2.05) is 49.2 Å². The zero-order valence-corrected chi connectivity index (χ0v) is 13.2. The molecule has 6 heteroatoms. The molecule has 0 spiro atoms. The highest BCUT2D eigenvalue weighted by Gasteiger charge is 2.31. The molecular formula is C17H20N4O2. The monoisotopic (exact) mass is 312 g/mol. The highest BCUT2D eigenvalue weighted by atomic mass is 16.5. The van der Waals surface area contributed by atoms with Crippen LogP contribution in [0.3, 0.4) is 0 Å². The first-order valence-corrected chi connectivity index (χ1v) is 7.51. The van der Waals surface area contributed by atoms with Gasteiger partial charge in [-0.3, -0.25) is 10.0 Å². The summed E-state index contributed by atoms with van der Waals surface area (Å²) < 4.78 is 0. The van der Waals surface area contributed by atoms with Crippen molar-refractivity contribution in [1.29, 1.82) is 0 Å². The van der Waals surface area contributed by atoms with Gasteiger partial charge in [0.25, 0.3) is 5.91 Å². The van der Waals surface area contributed by atoms with Gasteiger partial charge in [0.2, 0.25) is 0 Å². The molecule has 1 amide bonds. The number of anilines is 2. The number of pyridine rings is 1. The molecule has 0 fully saturated rings. The first kappa shape index (κ1) is 15.5. The van der Waals surface area contributed by atoms with Crippen LogP contribution in [0.25, 0.3) is 0 Å². The van der Waals surface area contributed by atoms with Gasteiger partial charge in [-0.2, -0.15) is 5.06 Å². The number of hydroxylamine groups is 1. The maximum Gasteiger partial charge on any atom is 0.267 e. The number of nitrogens with zero attached hydrogens (tertiary/aromatic N) is 3. The number of carbonyl (C=O) groups excluding carboxylic acids is 1. The first-order chi connectivity index (χ1) is 11.0. The molecule has 1 atom stereocenters. The van der Waals surface area contributed by atoms with E-state index in [4.69, 9.17) is 5.73 Å². The summed E-state index contributed by atoms with van der Waals surface area (Å²) >= 11 is 0. The summed E-state index contributed by atoms with van der Waals surface area (Å²) in [6, 6.07) is 8.91. The van der Waals surface area contributed by atoms with Gasteiger partial charge < -0.3 is 10.6 Å². The van der Waals surface area contributed by atoms with Gasteiger partial charge in [0.05, 0.1) is 11.7 Å². The molecule has 23 heavy (non-hydrogen) atoms. The third-order valence-corrected chi connectivity index (χ3v) is 4.13. The van der Waals surface area contributed by atoms with Crippen LogP contribution in [0.2, 0.25) is 0 Å². The second-order valence-electron chi connectivity index (χ2n) is 5.89. The summed E-state index contributed by atoms with van der Waals surface area (Å²) in [6.45, 7) is 2.53. The Labute approximate surface area is 135 Å². The van der Waals surface area contributed by atoms with E-state index in [-0.39, 0.29) is 0 Å². The summed E-state index contributed by atoms with van der Waals surface area (Å²) in [5, 5.41) is 10.9. The molecule has 3 rings (SSSR count). The van der Waals surface area contributed by atoms with Crippen LogP contribution < -0.4 is 15.7 Å². The average molecular weight is 312 g/mol. The predicted octanol–water partition coefficient (Wildman–Crippen LogP) is 1.63. The lowest BCUT2D eigenvalue weighted by atomic mass is 9.95. The fourth-order valence-electron chi connectivity index (χ4n) is 3.01. The molecule has 0 radical (unpaired) electrons. The summed E-state index contributed by atoms with van der Waals surface area (Å²) in [6.07, 6.45) is 2.19. The molecule has 0 aliphatic carbocycles. The number of hydrogen-bond donors (Lipinski definition) is 2. The SMILES string of the molecule is Cc1cccnc1N(C)Cc1cccc2c1N(O)C(=O)[C@@H](N)C2. The third-order valence-electron chi connectivity index (χ3n) is 4.13. The molecule has 120 valence electrons. The van der Waals surface area contributed by atoms with Gasteiger partial charge in [0.1, 0.15) is 5.82 Å². The number of aryl methyl sites for hydroxylation is 1. The lowest BCUT2D eigenvalue weighted by Crippen LogP contribution is -2.47. The Bertz CT molecular complexity index is 747. The topological polar surface area (TPSA) is 82.7 Å². The number of carbonyl (C=O) groups is 1. The minimum absolute atomic E-state index is 0.436. The van der Waals surface area contributed by atoms with Crippen molar-refractivity contribution in [3.63, 3.8) is 0 Å². The highest BCUT2D eigenvalue weighted by Crippen LogP contribution is 2.31. The number of fused-ring (bicyclic) bond motifs is 1. The van der Waals surface area contributed by atoms with Gasteiger partial charge >= 0.3 is 0 Å². The number of nitrogens with two attached hydrogens (primary N) is 1. The van der Waals surface area contributed by atoms with E-state index >= 15 is 0 Å². The minimum Gasteiger partial charge on any atom is -0.355 e. The van der Waals surface area contributed by atoms with Crippen LogP contribution in [0, 0.1) is 6.92 Å². The summed E-state index contributed by atoms with van der Waals surface area (Å²) in [5.41, 5.74) is 9.12. The molecular weight excluding hydrogens is 292 g/mol. The number of amides is 1. The molecule has 6 nitrogen and oxygen atoms in total. The van der Waals surface area contributed by atoms with Crippen molar-refractivity contribution in [2.75, 3.05) is 17.0 Å². The number of aromatic nitrogens is 1. The molecule has 1 aliphatic heterocycles. The van der Waals surface area contributed by atoms with Crippen LogP contribution in [-0.2, 0) is 17.8 Å². The van der Waals surface area contributed by atoms with E-state index in [0.717, 1.165) is 22.5 Å². The molecule has 0 unspecified atom stereocenters. The zero-order chi connectivity index (χ0) is 16.6. The molecule has 1 aromatic carbocycles. The lowest BCUT2D eigenvalue weighted by molar-refractivity contribution is -0.125. The quantitative estimate of drug-likeness (QED) is 0.842. The largest absolute Gasteiger partial charge is 0.355 e. The van der Waals surface area contributed by atoms with Gasteiger partial charge in [0, 0.05) is 19.8 Å². The molecule has 0 saturated carbocycles. The van der Waals surface area contributed by atoms with E-state index < -0.39 is 11.9 Å². The Morgan fingerprint density at radius 2 is 2.17 bits per heavy atom. The summed E-state index contributed by atoms with van der Waals surface area (Å²) in [7, 11) is 1.94. The average Bonchev–Trinajstić information content (AvgIpc) is 2.53. The number of hydrogen-bond acceptors (Lipinski definition) is 5. The Hall–Kier alpha value is -2.44. The van der Waals surface area contributed by atoms with E-state index in [1.165, 1.54) is 0 Å². The molecule has 1 aromatic heterocycles. The Morgan fingerprint density at radius 1 is 1.39 bits per heavy atom. The number of rotatable bonds is 3. The lowest BCUT2D eigenvalue weighted by Gasteiger charge is -2.31. The second-order valence-corrected chi connectivity index (χ2v) is 5.89. The van der Waals surface area contributed by atoms with Crippen LogP contribution in [0.1, 0.15) is 16.7 Å². The predicted molar refractivity (Wildman–Crippen MR) is 88.5 cm³/mol. The van der Waals surface area contributed by atoms with Crippen LogP contribution in [0.15, 0.2) is 36.5 Å². The van der Waals surface area contributed by atoms with E-state index in [0.29, 0.717) is 23.7 Å². The first-order valence-electron chi connectivity index (χ1n) is 7.51. The van der Waals surface area contributed by atoms with Crippen molar-refractivity contribution in [3.05, 3.63) is 53.2 Å². The number of benzene rings is 1. The van der Waals surface area contributed by atoms with Gasteiger partial charge in [-0.05, 0) is 36.1 Å². The van der Waals surface area contributed by atoms with E-state index in [2.05, 4.69) is 4.98 Å². The fraction of sp³-hybridized carbons (Fsp3) is 0.294. The van der Waals surface area contributed by atoms with Crippen molar-refractivity contribution in [3.8, 4) is 0 Å². The smallest absolute Gasteiger partial charge is 0.267 e. The van der Waals surface area contributed by atoms with Crippen molar-refractivity contribution < 1.29 is 10.0 Å². The maximum atomic E-state index is 12.0.